The van der Waals surface area contributed by atoms with Gasteiger partial charge < -0.3 is 15.5 Å². The first-order chi connectivity index (χ1) is 10.6. The first-order valence-electron chi connectivity index (χ1n) is 8.20. The topological polar surface area (TPSA) is 52.6 Å². The molecule has 0 radical (unpaired) electrons. The fraction of sp³-hybridized carbons (Fsp3) is 0.750. The van der Waals surface area contributed by atoms with Crippen LogP contribution in [0.3, 0.4) is 0 Å². The molecule has 2 heterocycles. The van der Waals surface area contributed by atoms with Gasteiger partial charge in [0.1, 0.15) is 0 Å². The summed E-state index contributed by atoms with van der Waals surface area (Å²) >= 11 is 1.71. The quantitative estimate of drug-likeness (QED) is 0.643. The van der Waals surface area contributed by atoms with E-state index < -0.39 is 0 Å². The molecule has 1 aliphatic heterocycles. The van der Waals surface area contributed by atoms with Gasteiger partial charge in [0, 0.05) is 50.6 Å². The van der Waals surface area contributed by atoms with Crippen molar-refractivity contribution in [3.8, 4) is 0 Å². The van der Waals surface area contributed by atoms with Gasteiger partial charge >= 0.3 is 0 Å². The zero-order chi connectivity index (χ0) is 15.9. The van der Waals surface area contributed by atoms with Crippen LogP contribution in [0.1, 0.15) is 37.4 Å². The molecule has 0 spiro atoms. The molecule has 5 nitrogen and oxygen atoms in total. The first-order valence-corrected chi connectivity index (χ1v) is 9.08. The van der Waals surface area contributed by atoms with Crippen LogP contribution in [0.2, 0.25) is 0 Å². The van der Waals surface area contributed by atoms with Gasteiger partial charge in [-0.3, -0.25) is 4.99 Å². The molecule has 0 saturated carbocycles. The number of aryl methyl sites for hydroxylation is 1. The van der Waals surface area contributed by atoms with E-state index in [2.05, 4.69) is 44.7 Å². The third kappa shape index (κ3) is 5.25. The summed E-state index contributed by atoms with van der Waals surface area (Å²) in [6, 6.07) is 1.18. The molecule has 0 aliphatic carbocycles. The average Bonchev–Trinajstić information content (AvgIpc) is 2.92. The van der Waals surface area contributed by atoms with Gasteiger partial charge in [0.2, 0.25) is 0 Å². The van der Waals surface area contributed by atoms with Gasteiger partial charge in [0.15, 0.2) is 5.96 Å². The lowest BCUT2D eigenvalue weighted by Crippen LogP contribution is -2.50. The zero-order valence-corrected chi connectivity index (χ0v) is 15.0. The number of aliphatic imine (C=N–C) groups is 1. The highest BCUT2D eigenvalue weighted by Gasteiger charge is 2.21. The molecule has 2 rings (SSSR count). The van der Waals surface area contributed by atoms with Crippen LogP contribution in [0.5, 0.6) is 0 Å². The Morgan fingerprint density at radius 3 is 2.73 bits per heavy atom. The number of rotatable bonds is 5. The second-order valence-corrected chi connectivity index (χ2v) is 7.22. The number of hydrogen-bond donors (Lipinski definition) is 2. The van der Waals surface area contributed by atoms with Crippen LogP contribution in [0.25, 0.3) is 0 Å². The molecule has 1 aromatic rings. The normalized spacial score (nSPS) is 18.0. The zero-order valence-electron chi connectivity index (χ0n) is 14.2. The smallest absolute Gasteiger partial charge is 0.191 e. The number of likely N-dealkylation sites (tertiary alicyclic amines) is 1. The summed E-state index contributed by atoms with van der Waals surface area (Å²) in [4.78, 5) is 11.4. The van der Waals surface area contributed by atoms with E-state index in [9.17, 15) is 0 Å². The van der Waals surface area contributed by atoms with Crippen LogP contribution < -0.4 is 10.6 Å². The molecule has 1 fully saturated rings. The Labute approximate surface area is 138 Å². The predicted molar refractivity (Wildman–Crippen MR) is 94.8 cm³/mol. The molecule has 0 unspecified atom stereocenters. The SMILES string of the molecule is CN=C(NCCc1csc(C)n1)NC1CCN(C(C)C)CC1. The lowest BCUT2D eigenvalue weighted by molar-refractivity contribution is 0.167. The predicted octanol–water partition coefficient (Wildman–Crippen LogP) is 2.03. The van der Waals surface area contributed by atoms with Crippen molar-refractivity contribution < 1.29 is 0 Å². The summed E-state index contributed by atoms with van der Waals surface area (Å²) in [7, 11) is 1.84. The van der Waals surface area contributed by atoms with Crippen LogP contribution in [-0.4, -0.2) is 54.6 Å². The third-order valence-corrected chi connectivity index (χ3v) is 4.99. The molecule has 0 bridgehead atoms. The minimum atomic E-state index is 0.530. The Morgan fingerprint density at radius 1 is 1.45 bits per heavy atom. The fourth-order valence-electron chi connectivity index (χ4n) is 2.78. The van der Waals surface area contributed by atoms with Crippen LogP contribution >= 0.6 is 11.3 Å². The number of nitrogens with zero attached hydrogens (tertiary/aromatic N) is 3. The molecule has 0 amide bonds. The van der Waals surface area contributed by atoms with E-state index in [1.807, 2.05) is 14.0 Å². The fourth-order valence-corrected chi connectivity index (χ4v) is 3.43. The highest BCUT2D eigenvalue weighted by Crippen LogP contribution is 2.12. The molecule has 22 heavy (non-hydrogen) atoms. The van der Waals surface area contributed by atoms with E-state index in [4.69, 9.17) is 0 Å². The molecule has 0 atom stereocenters. The van der Waals surface area contributed by atoms with Gasteiger partial charge in [-0.15, -0.1) is 11.3 Å². The van der Waals surface area contributed by atoms with Crippen molar-refractivity contribution in [3.63, 3.8) is 0 Å². The van der Waals surface area contributed by atoms with Crippen molar-refractivity contribution in [3.05, 3.63) is 16.1 Å². The number of thiazole rings is 1. The van der Waals surface area contributed by atoms with Crippen molar-refractivity contribution in [2.75, 3.05) is 26.7 Å². The maximum Gasteiger partial charge on any atom is 0.191 e. The number of guanidine groups is 1. The summed E-state index contributed by atoms with van der Waals surface area (Å²) in [6.07, 6.45) is 3.31. The monoisotopic (exact) mass is 323 g/mol. The minimum absolute atomic E-state index is 0.530. The molecule has 1 aromatic heterocycles. The Kier molecular flexibility index (Phi) is 6.64. The van der Waals surface area contributed by atoms with Gasteiger partial charge in [-0.2, -0.15) is 0 Å². The van der Waals surface area contributed by atoms with Crippen LogP contribution in [-0.2, 0) is 6.42 Å². The summed E-state index contributed by atoms with van der Waals surface area (Å²) < 4.78 is 0. The van der Waals surface area contributed by atoms with E-state index in [1.54, 1.807) is 11.3 Å². The maximum absolute atomic E-state index is 4.49. The van der Waals surface area contributed by atoms with Crippen molar-refractivity contribution in [1.29, 1.82) is 0 Å². The van der Waals surface area contributed by atoms with Crippen molar-refractivity contribution >= 4 is 17.3 Å². The van der Waals surface area contributed by atoms with Gasteiger partial charge in [0.25, 0.3) is 0 Å². The number of aromatic nitrogens is 1. The molecule has 0 aromatic carbocycles. The van der Waals surface area contributed by atoms with Crippen LogP contribution in [0.4, 0.5) is 0 Å². The van der Waals surface area contributed by atoms with Crippen LogP contribution in [0.15, 0.2) is 10.4 Å². The highest BCUT2D eigenvalue weighted by molar-refractivity contribution is 7.09. The van der Waals surface area contributed by atoms with E-state index in [-0.39, 0.29) is 0 Å². The van der Waals surface area contributed by atoms with E-state index >= 15 is 0 Å². The Morgan fingerprint density at radius 2 is 2.18 bits per heavy atom. The van der Waals surface area contributed by atoms with E-state index in [1.165, 1.54) is 25.9 Å². The summed E-state index contributed by atoms with van der Waals surface area (Å²) in [6.45, 7) is 9.80. The largest absolute Gasteiger partial charge is 0.356 e. The second kappa shape index (κ2) is 8.48. The summed E-state index contributed by atoms with van der Waals surface area (Å²) in [5.41, 5.74) is 1.16. The Bertz CT molecular complexity index is 475. The lowest BCUT2D eigenvalue weighted by atomic mass is 10.0. The molecular weight excluding hydrogens is 294 g/mol. The van der Waals surface area contributed by atoms with Gasteiger partial charge in [-0.1, -0.05) is 0 Å². The first kappa shape index (κ1) is 17.2. The average molecular weight is 324 g/mol. The maximum atomic E-state index is 4.49. The Hall–Kier alpha value is -1.14. The molecule has 1 aliphatic rings. The van der Waals surface area contributed by atoms with Gasteiger partial charge in [0.05, 0.1) is 10.7 Å². The lowest BCUT2D eigenvalue weighted by Gasteiger charge is -2.35. The van der Waals surface area contributed by atoms with Gasteiger partial charge in [-0.05, 0) is 33.6 Å². The number of hydrogen-bond acceptors (Lipinski definition) is 4. The number of piperidine rings is 1. The molecule has 6 heteroatoms. The van der Waals surface area contributed by atoms with Crippen molar-refractivity contribution in [1.82, 2.24) is 20.5 Å². The van der Waals surface area contributed by atoms with Crippen LogP contribution in [0, 0.1) is 6.92 Å². The van der Waals surface area contributed by atoms with E-state index in [0.717, 1.165) is 29.6 Å². The number of nitrogens with one attached hydrogen (secondary N) is 2. The standard InChI is InChI=1S/C16H29N5S/c1-12(2)21-9-6-14(7-10-21)20-16(17-4)18-8-5-15-11-22-13(3)19-15/h11-12,14H,5-10H2,1-4H3,(H2,17,18,20). The molecule has 2 N–H and O–H groups in total. The second-order valence-electron chi connectivity index (χ2n) is 6.16. The summed E-state index contributed by atoms with van der Waals surface area (Å²) in [5.74, 6) is 0.912. The minimum Gasteiger partial charge on any atom is -0.356 e. The van der Waals surface area contributed by atoms with Crippen molar-refractivity contribution in [2.45, 2.75) is 52.1 Å². The molecule has 124 valence electrons. The highest BCUT2D eigenvalue weighted by atomic mass is 32.1. The van der Waals surface area contributed by atoms with Crippen molar-refractivity contribution in [2.24, 2.45) is 4.99 Å². The Balaban J connectivity index is 1.69. The molecular formula is C16H29N5S. The summed E-state index contributed by atoms with van der Waals surface area (Å²) in [5, 5.41) is 10.2. The van der Waals surface area contributed by atoms with Gasteiger partial charge in [-0.25, -0.2) is 4.98 Å². The third-order valence-electron chi connectivity index (χ3n) is 4.16. The van der Waals surface area contributed by atoms with E-state index in [0.29, 0.717) is 12.1 Å². The molecule has 1 saturated heterocycles.